The van der Waals surface area contributed by atoms with Crippen molar-refractivity contribution >= 4 is 43.0 Å². The van der Waals surface area contributed by atoms with Crippen LogP contribution in [0.25, 0.3) is 0 Å². The van der Waals surface area contributed by atoms with Crippen molar-refractivity contribution < 1.29 is 94.5 Å². The minimum Gasteiger partial charge on any atom is -0.744 e. The van der Waals surface area contributed by atoms with Gasteiger partial charge in [-0.3, -0.25) is 0 Å². The van der Waals surface area contributed by atoms with Gasteiger partial charge in [0.1, 0.15) is 31.7 Å². The fourth-order valence-corrected chi connectivity index (χ4v) is 5.65. The minimum atomic E-state index is -4.92. The van der Waals surface area contributed by atoms with Crippen LogP contribution in [-0.2, 0) is 33.1 Å². The first-order valence-corrected chi connectivity index (χ1v) is 16.2. The Balaban J connectivity index is 0.00000368. The maximum atomic E-state index is 12.1. The molecule has 46 heavy (non-hydrogen) atoms. The van der Waals surface area contributed by atoms with Gasteiger partial charge in [-0.25, -0.2) is 16.8 Å². The first kappa shape index (κ1) is 39.7. The van der Waals surface area contributed by atoms with E-state index in [1.54, 1.807) is 48.5 Å². The van der Waals surface area contributed by atoms with Crippen molar-refractivity contribution in [2.45, 2.75) is 36.5 Å². The molecule has 0 atom stereocenters. The molecule has 0 aliphatic heterocycles. The van der Waals surface area contributed by atoms with E-state index in [1.165, 1.54) is 24.3 Å². The number of nitrogens with zero attached hydrogens (tertiary/aromatic N) is 4. The first-order chi connectivity index (χ1) is 21.0. The number of azo groups is 2. The summed E-state index contributed by atoms with van der Waals surface area (Å²) in [7, 11) is -9.85. The molecule has 0 heterocycles. The maximum Gasteiger partial charge on any atom is 1.00 e. The van der Waals surface area contributed by atoms with Crippen molar-refractivity contribution in [3.05, 3.63) is 96.1 Å². The van der Waals surface area contributed by atoms with Gasteiger partial charge in [0, 0.05) is 0 Å². The SMILES string of the molecule is CCOc1ccc(N=Nc2ccc(CCc3ccc(N=Nc4ccc(OCC)cc4)cc3S(=O)(=O)[O-])c(S(=O)(=O)[O-])c2)cc1.[Na+].[Na+]. The Bertz CT molecular complexity index is 1750. The second-order valence-electron chi connectivity index (χ2n) is 9.25. The molecule has 230 valence electrons. The number of aryl methyl sites for hydroxylation is 2. The van der Waals surface area contributed by atoms with Gasteiger partial charge in [-0.05, 0) is 111 Å². The second-order valence-corrected chi connectivity index (χ2v) is 11.9. The van der Waals surface area contributed by atoms with Crippen LogP contribution in [0, 0.1) is 0 Å². The predicted molar refractivity (Wildman–Crippen MR) is 160 cm³/mol. The van der Waals surface area contributed by atoms with E-state index in [2.05, 4.69) is 20.5 Å². The zero-order chi connectivity index (χ0) is 31.7. The van der Waals surface area contributed by atoms with Crippen molar-refractivity contribution in [3.63, 3.8) is 0 Å². The van der Waals surface area contributed by atoms with Gasteiger partial charge < -0.3 is 18.6 Å². The summed E-state index contributed by atoms with van der Waals surface area (Å²) in [4.78, 5) is -1.04. The molecule has 0 aliphatic carbocycles. The molecule has 0 N–H and O–H groups in total. The van der Waals surface area contributed by atoms with Crippen LogP contribution in [-0.4, -0.2) is 39.2 Å². The minimum absolute atomic E-state index is 0. The molecule has 16 heteroatoms. The van der Waals surface area contributed by atoms with E-state index in [-0.39, 0.29) is 94.5 Å². The Kier molecular flexibility index (Phi) is 15.7. The summed E-state index contributed by atoms with van der Waals surface area (Å²) in [6.45, 7) is 4.74. The van der Waals surface area contributed by atoms with Gasteiger partial charge >= 0.3 is 59.1 Å². The van der Waals surface area contributed by atoms with Crippen LogP contribution in [0.15, 0.2) is 115 Å². The summed E-state index contributed by atoms with van der Waals surface area (Å²) in [5, 5.41) is 16.2. The van der Waals surface area contributed by atoms with E-state index in [0.29, 0.717) is 36.1 Å². The Morgan fingerprint density at radius 3 is 1.13 bits per heavy atom. The molecule has 0 saturated heterocycles. The molecule has 0 amide bonds. The van der Waals surface area contributed by atoms with E-state index in [9.17, 15) is 25.9 Å². The summed E-state index contributed by atoms with van der Waals surface area (Å²) in [5.41, 5.74) is 1.49. The largest absolute Gasteiger partial charge is 1.00 e. The summed E-state index contributed by atoms with van der Waals surface area (Å²) in [6.07, 6.45) is -0.106. The zero-order valence-electron chi connectivity index (χ0n) is 25.8. The molecule has 4 aromatic rings. The zero-order valence-corrected chi connectivity index (χ0v) is 31.4. The van der Waals surface area contributed by atoms with Crippen molar-refractivity contribution in [2.24, 2.45) is 20.5 Å². The van der Waals surface area contributed by atoms with Crippen LogP contribution in [0.2, 0.25) is 0 Å². The number of rotatable bonds is 13. The topological polar surface area (TPSA) is 182 Å². The molecule has 0 unspecified atom stereocenters. The first-order valence-electron chi connectivity index (χ1n) is 13.4. The van der Waals surface area contributed by atoms with E-state index in [4.69, 9.17) is 9.47 Å². The van der Waals surface area contributed by atoms with Crippen molar-refractivity contribution in [3.8, 4) is 11.5 Å². The molecule has 0 bridgehead atoms. The molecule has 0 fully saturated rings. The Labute approximate surface area is 312 Å². The van der Waals surface area contributed by atoms with Gasteiger partial charge in [0.05, 0.1) is 45.8 Å². The van der Waals surface area contributed by atoms with Crippen LogP contribution < -0.4 is 68.6 Å². The van der Waals surface area contributed by atoms with Gasteiger partial charge in [-0.15, -0.1) is 0 Å². The molecule has 0 spiro atoms. The number of hydrogen-bond acceptors (Lipinski definition) is 12. The molecule has 0 aliphatic rings. The van der Waals surface area contributed by atoms with Crippen molar-refractivity contribution in [1.82, 2.24) is 0 Å². The summed E-state index contributed by atoms with van der Waals surface area (Å²) < 4.78 is 83.3. The number of ether oxygens (including phenoxy) is 2. The third kappa shape index (κ3) is 11.6. The van der Waals surface area contributed by atoms with Gasteiger partial charge in [0.15, 0.2) is 0 Å². The molecular weight excluding hydrogens is 654 g/mol. The maximum absolute atomic E-state index is 12.1. The van der Waals surface area contributed by atoms with Gasteiger partial charge in [-0.2, -0.15) is 20.5 Å². The van der Waals surface area contributed by atoms with Gasteiger partial charge in [0.2, 0.25) is 0 Å². The fourth-order valence-electron chi connectivity index (χ4n) is 4.14. The van der Waals surface area contributed by atoms with Crippen molar-refractivity contribution in [2.75, 3.05) is 13.2 Å². The number of hydrogen-bond donors (Lipinski definition) is 0. The van der Waals surface area contributed by atoms with Gasteiger partial charge in [0.25, 0.3) is 0 Å². The third-order valence-electron chi connectivity index (χ3n) is 6.16. The van der Waals surface area contributed by atoms with E-state index < -0.39 is 30.0 Å². The monoisotopic (exact) mass is 682 g/mol. The molecular formula is C30H28N4Na2O8S2. The summed E-state index contributed by atoms with van der Waals surface area (Å²) >= 11 is 0. The predicted octanol–water partition coefficient (Wildman–Crippen LogP) is 0.916. The van der Waals surface area contributed by atoms with E-state index >= 15 is 0 Å². The normalized spacial score (nSPS) is 11.7. The average Bonchev–Trinajstić information content (AvgIpc) is 2.99. The Morgan fingerprint density at radius 1 is 0.522 bits per heavy atom. The fraction of sp³-hybridized carbons (Fsp3) is 0.200. The van der Waals surface area contributed by atoms with Crippen LogP contribution in [0.1, 0.15) is 25.0 Å². The third-order valence-corrected chi connectivity index (χ3v) is 8.00. The Morgan fingerprint density at radius 2 is 0.826 bits per heavy atom. The van der Waals surface area contributed by atoms with E-state index in [1.807, 2.05) is 13.8 Å². The molecule has 4 rings (SSSR count). The van der Waals surface area contributed by atoms with Crippen LogP contribution in [0.4, 0.5) is 22.7 Å². The molecule has 4 aromatic carbocycles. The van der Waals surface area contributed by atoms with Crippen LogP contribution >= 0.6 is 0 Å². The van der Waals surface area contributed by atoms with E-state index in [0.717, 1.165) is 12.1 Å². The van der Waals surface area contributed by atoms with Gasteiger partial charge in [-0.1, -0.05) is 12.1 Å². The second kappa shape index (κ2) is 18.2. The average molecular weight is 683 g/mol. The molecule has 0 aromatic heterocycles. The molecule has 0 saturated carbocycles. The van der Waals surface area contributed by atoms with Crippen LogP contribution in [0.3, 0.4) is 0 Å². The number of benzene rings is 4. The molecule has 12 nitrogen and oxygen atoms in total. The Hall–Kier alpha value is -2.50. The summed E-state index contributed by atoms with van der Waals surface area (Å²) in [6, 6.07) is 21.5. The standard InChI is InChI=1S/C30H30N4O8S2.2Na/c1-3-41-27-15-11-23(12-16-27)31-33-25-9-7-21(29(19-25)43(35,36)37)5-6-22-8-10-26(20-30(22)44(38,39)40)34-32-24-13-17-28(18-14-24)42-4-2;;/h7-20H,3-6H2,1-2H3,(H,35,36,37)(H,38,39,40);;/q;2*+1/p-2. The quantitative estimate of drug-likeness (QED) is 0.113. The molecule has 0 radical (unpaired) electrons. The van der Waals surface area contributed by atoms with Crippen LogP contribution in [0.5, 0.6) is 11.5 Å². The smallest absolute Gasteiger partial charge is 0.744 e. The van der Waals surface area contributed by atoms with Crippen molar-refractivity contribution in [1.29, 1.82) is 0 Å². The summed E-state index contributed by atoms with van der Waals surface area (Å²) in [5.74, 6) is 1.32.